The average molecular weight is 391 g/mol. The van der Waals surface area contributed by atoms with Gasteiger partial charge in [0.25, 0.3) is 5.91 Å². The molecular formula is C18H16BrFN2O2. The van der Waals surface area contributed by atoms with Crippen molar-refractivity contribution in [2.24, 2.45) is 0 Å². The standard InChI is InChI=1S/C18H16BrFN2O2/c1-11(23)22-7-6-12-8-13(2-5-17(12)22)18(24)21-10-14-9-15(19)3-4-16(14)20/h2-5,8-9H,6-7,10H2,1H3,(H,21,24). The molecule has 0 unspecified atom stereocenters. The quantitative estimate of drug-likeness (QED) is 0.872. The molecule has 6 heteroatoms. The monoisotopic (exact) mass is 390 g/mol. The van der Waals surface area contributed by atoms with Crippen molar-refractivity contribution in [1.82, 2.24) is 5.32 Å². The fourth-order valence-corrected chi connectivity index (χ4v) is 3.23. The molecule has 0 saturated heterocycles. The first-order valence-corrected chi connectivity index (χ1v) is 8.38. The lowest BCUT2D eigenvalue weighted by atomic mass is 10.1. The second kappa shape index (κ2) is 6.73. The van der Waals surface area contributed by atoms with E-state index in [1.807, 2.05) is 0 Å². The zero-order valence-electron chi connectivity index (χ0n) is 13.1. The van der Waals surface area contributed by atoms with Gasteiger partial charge in [-0.1, -0.05) is 15.9 Å². The van der Waals surface area contributed by atoms with Crippen LogP contribution in [0.1, 0.15) is 28.4 Å². The van der Waals surface area contributed by atoms with E-state index in [4.69, 9.17) is 0 Å². The van der Waals surface area contributed by atoms with Crippen molar-refractivity contribution in [2.75, 3.05) is 11.4 Å². The molecule has 0 fully saturated rings. The van der Waals surface area contributed by atoms with Crippen molar-refractivity contribution in [3.8, 4) is 0 Å². The molecule has 4 nitrogen and oxygen atoms in total. The zero-order valence-corrected chi connectivity index (χ0v) is 14.7. The highest BCUT2D eigenvalue weighted by Gasteiger charge is 2.23. The number of anilines is 1. The Hall–Kier alpha value is -2.21. The van der Waals surface area contributed by atoms with Crippen molar-refractivity contribution in [2.45, 2.75) is 19.9 Å². The number of nitrogens with one attached hydrogen (secondary N) is 1. The van der Waals surface area contributed by atoms with Crippen LogP contribution in [0.3, 0.4) is 0 Å². The van der Waals surface area contributed by atoms with Crippen LogP contribution >= 0.6 is 15.9 Å². The molecule has 2 aromatic carbocycles. The number of hydrogen-bond donors (Lipinski definition) is 1. The van der Waals surface area contributed by atoms with Gasteiger partial charge in [0.2, 0.25) is 5.91 Å². The Kier molecular flexibility index (Phi) is 4.66. The molecule has 0 aliphatic carbocycles. The van der Waals surface area contributed by atoms with Crippen LogP contribution in [0.5, 0.6) is 0 Å². The van der Waals surface area contributed by atoms with E-state index >= 15 is 0 Å². The minimum atomic E-state index is -0.357. The molecule has 0 spiro atoms. The number of halogens is 2. The van der Waals surface area contributed by atoms with E-state index in [0.29, 0.717) is 17.7 Å². The molecule has 3 rings (SSSR count). The number of benzene rings is 2. The smallest absolute Gasteiger partial charge is 0.251 e. The number of amides is 2. The molecule has 24 heavy (non-hydrogen) atoms. The highest BCUT2D eigenvalue weighted by Crippen LogP contribution is 2.28. The summed E-state index contributed by atoms with van der Waals surface area (Å²) in [6.07, 6.45) is 0.732. The van der Waals surface area contributed by atoms with Crippen LogP contribution in [0.2, 0.25) is 0 Å². The van der Waals surface area contributed by atoms with Gasteiger partial charge in [0.15, 0.2) is 0 Å². The lowest BCUT2D eigenvalue weighted by molar-refractivity contribution is -0.116. The van der Waals surface area contributed by atoms with E-state index in [0.717, 1.165) is 22.1 Å². The number of carbonyl (C=O) groups excluding carboxylic acids is 2. The van der Waals surface area contributed by atoms with Gasteiger partial charge in [0.05, 0.1) is 0 Å². The van der Waals surface area contributed by atoms with Crippen LogP contribution < -0.4 is 10.2 Å². The molecule has 0 saturated carbocycles. The Morgan fingerprint density at radius 2 is 2.04 bits per heavy atom. The van der Waals surface area contributed by atoms with E-state index in [-0.39, 0.29) is 24.2 Å². The van der Waals surface area contributed by atoms with E-state index in [1.165, 1.54) is 13.0 Å². The van der Waals surface area contributed by atoms with Gasteiger partial charge in [-0.15, -0.1) is 0 Å². The summed E-state index contributed by atoms with van der Waals surface area (Å²) in [6.45, 7) is 2.28. The third-order valence-corrected chi connectivity index (χ3v) is 4.56. The number of nitrogens with zero attached hydrogens (tertiary/aromatic N) is 1. The third kappa shape index (κ3) is 3.33. The summed E-state index contributed by atoms with van der Waals surface area (Å²) in [5.41, 5.74) is 2.76. The summed E-state index contributed by atoms with van der Waals surface area (Å²) in [5, 5.41) is 2.73. The lowest BCUT2D eigenvalue weighted by Crippen LogP contribution is -2.26. The van der Waals surface area contributed by atoms with Crippen LogP contribution in [0.4, 0.5) is 10.1 Å². The summed E-state index contributed by atoms with van der Waals surface area (Å²) in [7, 11) is 0. The van der Waals surface area contributed by atoms with Gasteiger partial charge in [-0.3, -0.25) is 9.59 Å². The first kappa shape index (κ1) is 16.6. The van der Waals surface area contributed by atoms with E-state index in [9.17, 15) is 14.0 Å². The molecule has 124 valence electrons. The minimum Gasteiger partial charge on any atom is -0.348 e. The average Bonchev–Trinajstić information content (AvgIpc) is 2.98. The Bertz CT molecular complexity index is 823. The second-order valence-electron chi connectivity index (χ2n) is 5.68. The SMILES string of the molecule is CC(=O)N1CCc2cc(C(=O)NCc3cc(Br)ccc3F)ccc21. The Morgan fingerprint density at radius 3 is 2.79 bits per heavy atom. The van der Waals surface area contributed by atoms with Crippen molar-refractivity contribution in [3.05, 3.63) is 63.4 Å². The fourth-order valence-electron chi connectivity index (χ4n) is 2.83. The van der Waals surface area contributed by atoms with E-state index in [2.05, 4.69) is 21.2 Å². The molecule has 1 aliphatic rings. The van der Waals surface area contributed by atoms with Crippen molar-refractivity contribution in [3.63, 3.8) is 0 Å². The van der Waals surface area contributed by atoms with Gasteiger partial charge in [-0.25, -0.2) is 4.39 Å². The van der Waals surface area contributed by atoms with E-state index in [1.54, 1.807) is 35.2 Å². The largest absolute Gasteiger partial charge is 0.348 e. The summed E-state index contributed by atoms with van der Waals surface area (Å²) in [6, 6.07) is 9.89. The molecule has 1 aliphatic heterocycles. The number of rotatable bonds is 3. The molecule has 2 aromatic rings. The summed E-state index contributed by atoms with van der Waals surface area (Å²) in [4.78, 5) is 25.6. The lowest BCUT2D eigenvalue weighted by Gasteiger charge is -2.14. The van der Waals surface area contributed by atoms with Gasteiger partial charge < -0.3 is 10.2 Å². The highest BCUT2D eigenvalue weighted by molar-refractivity contribution is 9.10. The molecule has 2 amide bonds. The van der Waals surface area contributed by atoms with Crippen molar-refractivity contribution < 1.29 is 14.0 Å². The van der Waals surface area contributed by atoms with Gasteiger partial charge in [0.1, 0.15) is 5.82 Å². The summed E-state index contributed by atoms with van der Waals surface area (Å²) >= 11 is 3.29. The maximum Gasteiger partial charge on any atom is 0.251 e. The molecule has 0 aromatic heterocycles. The maximum absolute atomic E-state index is 13.7. The fraction of sp³-hybridized carbons (Fsp3) is 0.222. The number of carbonyl (C=O) groups is 2. The molecule has 1 heterocycles. The topological polar surface area (TPSA) is 49.4 Å². The number of fused-ring (bicyclic) bond motifs is 1. The first-order chi connectivity index (χ1) is 11.5. The van der Waals surface area contributed by atoms with E-state index < -0.39 is 0 Å². The van der Waals surface area contributed by atoms with Crippen molar-refractivity contribution in [1.29, 1.82) is 0 Å². The van der Waals surface area contributed by atoms with Gasteiger partial charge in [-0.05, 0) is 48.4 Å². The highest BCUT2D eigenvalue weighted by atomic mass is 79.9. The molecule has 0 radical (unpaired) electrons. The maximum atomic E-state index is 13.7. The third-order valence-electron chi connectivity index (χ3n) is 4.06. The molecule has 1 N–H and O–H groups in total. The molecule has 0 atom stereocenters. The van der Waals surface area contributed by atoms with Gasteiger partial charge in [-0.2, -0.15) is 0 Å². The van der Waals surface area contributed by atoms with Crippen LogP contribution in [-0.4, -0.2) is 18.4 Å². The Balaban J connectivity index is 1.72. The summed E-state index contributed by atoms with van der Waals surface area (Å²) in [5.74, 6) is -0.626. The Morgan fingerprint density at radius 1 is 1.25 bits per heavy atom. The predicted octanol–water partition coefficient (Wildman–Crippen LogP) is 3.43. The van der Waals surface area contributed by atoms with Crippen LogP contribution in [0.25, 0.3) is 0 Å². The zero-order chi connectivity index (χ0) is 17.3. The van der Waals surface area contributed by atoms with Crippen molar-refractivity contribution >= 4 is 33.4 Å². The summed E-state index contributed by atoms with van der Waals surface area (Å²) < 4.78 is 14.5. The Labute approximate surface area is 147 Å². The number of hydrogen-bond acceptors (Lipinski definition) is 2. The van der Waals surface area contributed by atoms with Crippen LogP contribution in [-0.2, 0) is 17.8 Å². The second-order valence-corrected chi connectivity index (χ2v) is 6.60. The first-order valence-electron chi connectivity index (χ1n) is 7.59. The molecular weight excluding hydrogens is 375 g/mol. The minimum absolute atomic E-state index is 0.00363. The molecule has 0 bridgehead atoms. The van der Waals surface area contributed by atoms with Crippen LogP contribution in [0.15, 0.2) is 40.9 Å². The van der Waals surface area contributed by atoms with Gasteiger partial charge in [0, 0.05) is 41.3 Å². The predicted molar refractivity (Wildman–Crippen MR) is 93.4 cm³/mol. The normalized spacial score (nSPS) is 12.9. The van der Waals surface area contributed by atoms with Gasteiger partial charge >= 0.3 is 0 Å². The van der Waals surface area contributed by atoms with Crippen LogP contribution in [0, 0.1) is 5.82 Å².